The Balaban J connectivity index is 0.000000467. The zero-order valence-corrected chi connectivity index (χ0v) is 24.4. The second-order valence-corrected chi connectivity index (χ2v) is 11.0. The zero-order valence-electron chi connectivity index (χ0n) is 23.6. The first-order valence-corrected chi connectivity index (χ1v) is 13.6. The fourth-order valence-corrected chi connectivity index (χ4v) is 4.48. The Morgan fingerprint density at radius 2 is 1.69 bits per heavy atom. The molecule has 1 heterocycles. The molecule has 11 heteroatoms. The van der Waals surface area contributed by atoms with Crippen molar-refractivity contribution in [3.8, 4) is 11.1 Å². The van der Waals surface area contributed by atoms with Gasteiger partial charge in [-0.05, 0) is 80.8 Å². The fraction of sp³-hybridized carbons (Fsp3) is 0.323. The number of hydrogen-bond acceptors (Lipinski definition) is 4. The van der Waals surface area contributed by atoms with Gasteiger partial charge in [-0.25, -0.2) is 4.39 Å². The van der Waals surface area contributed by atoms with Crippen molar-refractivity contribution in [1.82, 2.24) is 9.78 Å². The van der Waals surface area contributed by atoms with E-state index in [0.29, 0.717) is 28.5 Å². The number of rotatable bonds is 7. The molecule has 0 fully saturated rings. The van der Waals surface area contributed by atoms with E-state index in [2.05, 4.69) is 5.10 Å². The fourth-order valence-electron chi connectivity index (χ4n) is 4.21. The third-order valence-electron chi connectivity index (χ3n) is 6.12. The molecule has 42 heavy (non-hydrogen) atoms. The van der Waals surface area contributed by atoms with E-state index in [4.69, 9.17) is 22.1 Å². The van der Waals surface area contributed by atoms with E-state index < -0.39 is 30.4 Å². The van der Waals surface area contributed by atoms with Crippen molar-refractivity contribution in [3.63, 3.8) is 0 Å². The molecule has 1 atom stereocenters. The minimum Gasteiger partial charge on any atom is -0.460 e. The summed E-state index contributed by atoms with van der Waals surface area (Å²) in [4.78, 5) is 22.0. The standard InChI is InChI=1S/C24H18ClF4N3O.C7H14O2/c25-20-12-18(26)6-7-19(20)16-5-8-21-17(11-16)13-31-32(21)22(9-10-24(27,28)29)14-1-3-15(4-2-14)23(30)33;1-5-6(8)9-7(2,3)4/h1-8,11-13,22H,9-10H2,(H2,30,33);5H2,1-4H3. The van der Waals surface area contributed by atoms with E-state index in [0.717, 1.165) is 5.56 Å². The Bertz CT molecular complexity index is 1540. The monoisotopic (exact) mass is 605 g/mol. The summed E-state index contributed by atoms with van der Waals surface area (Å²) in [5.74, 6) is -1.21. The molecule has 224 valence electrons. The lowest BCUT2D eigenvalue weighted by molar-refractivity contribution is -0.154. The molecule has 0 bridgehead atoms. The van der Waals surface area contributed by atoms with Gasteiger partial charge in [0.1, 0.15) is 11.4 Å². The Labute approximate surface area is 246 Å². The summed E-state index contributed by atoms with van der Waals surface area (Å²) in [6.45, 7) is 7.37. The van der Waals surface area contributed by atoms with E-state index in [-0.39, 0.29) is 28.6 Å². The van der Waals surface area contributed by atoms with Crippen molar-refractivity contribution in [2.75, 3.05) is 0 Å². The van der Waals surface area contributed by atoms with Gasteiger partial charge in [-0.1, -0.05) is 36.7 Å². The van der Waals surface area contributed by atoms with Crippen LogP contribution in [0, 0.1) is 5.82 Å². The molecule has 0 saturated heterocycles. The average Bonchev–Trinajstić information content (AvgIpc) is 3.31. The summed E-state index contributed by atoms with van der Waals surface area (Å²) >= 11 is 6.17. The molecule has 1 aromatic heterocycles. The smallest absolute Gasteiger partial charge is 0.389 e. The summed E-state index contributed by atoms with van der Waals surface area (Å²) in [6.07, 6.45) is -3.55. The number of amides is 1. The Hall–Kier alpha value is -3.92. The van der Waals surface area contributed by atoms with Crippen LogP contribution in [0.5, 0.6) is 0 Å². The van der Waals surface area contributed by atoms with Gasteiger partial charge in [0.25, 0.3) is 0 Å². The normalized spacial score (nSPS) is 12.4. The number of aromatic nitrogens is 2. The summed E-state index contributed by atoms with van der Waals surface area (Å²) in [7, 11) is 0. The molecule has 3 aromatic carbocycles. The molecule has 1 amide bonds. The summed E-state index contributed by atoms with van der Waals surface area (Å²) in [6, 6.07) is 14.8. The van der Waals surface area contributed by atoms with E-state index in [9.17, 15) is 27.2 Å². The highest BCUT2D eigenvalue weighted by atomic mass is 35.5. The number of ether oxygens (including phenoxy) is 1. The van der Waals surface area contributed by atoms with E-state index >= 15 is 0 Å². The van der Waals surface area contributed by atoms with Crippen LogP contribution in [0.3, 0.4) is 0 Å². The predicted octanol–water partition coefficient (Wildman–Crippen LogP) is 8.26. The van der Waals surface area contributed by atoms with Gasteiger partial charge >= 0.3 is 12.1 Å². The Kier molecular flexibility index (Phi) is 10.4. The Morgan fingerprint density at radius 3 is 2.21 bits per heavy atom. The Morgan fingerprint density at radius 1 is 1.02 bits per heavy atom. The maximum absolute atomic E-state index is 13.4. The third-order valence-corrected chi connectivity index (χ3v) is 6.44. The minimum atomic E-state index is -4.33. The summed E-state index contributed by atoms with van der Waals surface area (Å²) < 4.78 is 59.0. The van der Waals surface area contributed by atoms with Crippen LogP contribution in [0.2, 0.25) is 5.02 Å². The van der Waals surface area contributed by atoms with Crippen molar-refractivity contribution in [2.45, 2.75) is 64.8 Å². The maximum atomic E-state index is 13.4. The van der Waals surface area contributed by atoms with Crippen molar-refractivity contribution >= 4 is 34.4 Å². The van der Waals surface area contributed by atoms with Crippen LogP contribution in [-0.2, 0) is 9.53 Å². The van der Waals surface area contributed by atoms with E-state index in [1.165, 1.54) is 28.9 Å². The maximum Gasteiger partial charge on any atom is 0.389 e. The van der Waals surface area contributed by atoms with Crippen LogP contribution < -0.4 is 5.73 Å². The first-order valence-electron chi connectivity index (χ1n) is 13.2. The highest BCUT2D eigenvalue weighted by Gasteiger charge is 2.30. The van der Waals surface area contributed by atoms with Crippen LogP contribution in [0.25, 0.3) is 22.0 Å². The first kappa shape index (κ1) is 32.6. The quantitative estimate of drug-likeness (QED) is 0.170. The molecule has 0 saturated carbocycles. The van der Waals surface area contributed by atoms with Gasteiger partial charge in [-0.15, -0.1) is 0 Å². The lowest BCUT2D eigenvalue weighted by Gasteiger charge is -2.20. The molecule has 0 radical (unpaired) electrons. The van der Waals surface area contributed by atoms with Crippen molar-refractivity contribution in [1.29, 1.82) is 0 Å². The molecule has 0 aliphatic heterocycles. The van der Waals surface area contributed by atoms with Gasteiger partial charge in [0.2, 0.25) is 5.91 Å². The lowest BCUT2D eigenvalue weighted by Crippen LogP contribution is -2.23. The number of fused-ring (bicyclic) bond motifs is 1. The summed E-state index contributed by atoms with van der Waals surface area (Å²) in [5.41, 5.74) is 7.76. The predicted molar refractivity (Wildman–Crippen MR) is 155 cm³/mol. The number of nitrogens with two attached hydrogens (primary N) is 1. The van der Waals surface area contributed by atoms with Gasteiger partial charge in [0.05, 0.1) is 22.8 Å². The molecular weight excluding hydrogens is 574 g/mol. The number of carbonyl (C=O) groups excluding carboxylic acids is 2. The van der Waals surface area contributed by atoms with Gasteiger partial charge in [0.15, 0.2) is 0 Å². The molecule has 4 rings (SSSR count). The molecule has 2 N–H and O–H groups in total. The molecular formula is C31H32ClF4N3O3. The van der Waals surface area contributed by atoms with Crippen molar-refractivity contribution < 1.29 is 31.9 Å². The number of halogens is 5. The second-order valence-electron chi connectivity index (χ2n) is 10.6. The third kappa shape index (κ3) is 9.04. The molecule has 6 nitrogen and oxygen atoms in total. The number of carbonyl (C=O) groups is 2. The molecule has 4 aromatic rings. The summed E-state index contributed by atoms with van der Waals surface area (Å²) in [5, 5.41) is 5.31. The van der Waals surface area contributed by atoms with Gasteiger partial charge in [0, 0.05) is 29.4 Å². The van der Waals surface area contributed by atoms with Crippen LogP contribution in [0.15, 0.2) is 66.9 Å². The molecule has 0 aliphatic carbocycles. The number of alkyl halides is 3. The number of benzene rings is 3. The SMILES string of the molecule is CCC(=O)OC(C)(C)C.NC(=O)c1ccc(C(CCC(F)(F)F)n2ncc3cc(-c4ccc(F)cc4Cl)ccc32)cc1. The van der Waals surface area contributed by atoms with Gasteiger partial charge < -0.3 is 10.5 Å². The lowest BCUT2D eigenvalue weighted by atomic mass is 9.99. The minimum absolute atomic E-state index is 0.137. The molecule has 1 unspecified atom stereocenters. The number of hydrogen-bond donors (Lipinski definition) is 1. The van der Waals surface area contributed by atoms with Crippen LogP contribution in [0.4, 0.5) is 17.6 Å². The van der Waals surface area contributed by atoms with E-state index in [1.807, 2.05) is 20.8 Å². The average molecular weight is 606 g/mol. The van der Waals surface area contributed by atoms with Crippen molar-refractivity contribution in [3.05, 3.63) is 88.8 Å². The highest BCUT2D eigenvalue weighted by Crippen LogP contribution is 2.35. The van der Waals surface area contributed by atoms with Crippen molar-refractivity contribution in [2.24, 2.45) is 5.73 Å². The highest BCUT2D eigenvalue weighted by molar-refractivity contribution is 6.33. The number of primary amides is 1. The molecule has 0 aliphatic rings. The first-order chi connectivity index (χ1) is 19.6. The van der Waals surface area contributed by atoms with Gasteiger partial charge in [-0.3, -0.25) is 14.3 Å². The van der Waals surface area contributed by atoms with Crippen LogP contribution in [-0.4, -0.2) is 33.4 Å². The molecule has 0 spiro atoms. The van der Waals surface area contributed by atoms with Crippen LogP contribution >= 0.6 is 11.6 Å². The largest absolute Gasteiger partial charge is 0.460 e. The van der Waals surface area contributed by atoms with Gasteiger partial charge in [-0.2, -0.15) is 18.3 Å². The topological polar surface area (TPSA) is 87.2 Å². The van der Waals surface area contributed by atoms with E-state index in [1.54, 1.807) is 49.5 Å². The zero-order chi connectivity index (χ0) is 31.2. The number of esters is 1. The number of nitrogens with zero attached hydrogens (tertiary/aromatic N) is 2. The van der Waals surface area contributed by atoms with Crippen LogP contribution in [0.1, 0.15) is 68.9 Å². The second kappa shape index (κ2) is 13.4.